The van der Waals surface area contributed by atoms with Crippen LogP contribution in [0.2, 0.25) is 0 Å². The van der Waals surface area contributed by atoms with Crippen LogP contribution in [0.5, 0.6) is 0 Å². The Morgan fingerprint density at radius 1 is 1.15 bits per heavy atom. The molecule has 1 aromatic rings. The summed E-state index contributed by atoms with van der Waals surface area (Å²) in [6.45, 7) is 0. The molecule has 1 N–H and O–H groups in total. The maximum atomic E-state index is 11.9. The molecule has 0 radical (unpaired) electrons. The molecule has 0 saturated heterocycles. The van der Waals surface area contributed by atoms with Gasteiger partial charge in [0.15, 0.2) is 9.84 Å². The van der Waals surface area contributed by atoms with Crippen molar-refractivity contribution in [3.05, 3.63) is 23.8 Å². The fourth-order valence-corrected chi connectivity index (χ4v) is 3.11. The van der Waals surface area contributed by atoms with Gasteiger partial charge in [-0.15, -0.1) is 0 Å². The lowest BCUT2D eigenvalue weighted by atomic mass is 10.2. The van der Waals surface area contributed by atoms with Gasteiger partial charge in [-0.2, -0.15) is 0 Å². The van der Waals surface area contributed by atoms with Gasteiger partial charge in [0.25, 0.3) is 15.0 Å². The van der Waals surface area contributed by atoms with Gasteiger partial charge >= 0.3 is 0 Å². The molecule has 1 amide bonds. The number of hydrogen-bond donors (Lipinski definition) is 1. The number of nitrogens with one attached hydrogen (secondary N) is 1. The van der Waals surface area contributed by atoms with Crippen LogP contribution in [0.4, 0.5) is 0 Å². The first-order valence-electron chi connectivity index (χ1n) is 5.68. The zero-order valence-corrected chi connectivity index (χ0v) is 12.8. The minimum absolute atomic E-state index is 0.0425. The van der Waals surface area contributed by atoms with Gasteiger partial charge in [-0.25, -0.2) is 16.8 Å². The second-order valence-electron chi connectivity index (χ2n) is 4.65. The second kappa shape index (κ2) is 5.01. The summed E-state index contributed by atoms with van der Waals surface area (Å²) in [7, 11) is -2.56. The smallest absolute Gasteiger partial charge is 0.261 e. The molecule has 0 aromatic heterocycles. The average Bonchev–Trinajstić information content (AvgIpc) is 3.10. The van der Waals surface area contributed by atoms with Crippen molar-refractivity contribution in [2.45, 2.75) is 28.7 Å². The van der Waals surface area contributed by atoms with Crippen LogP contribution < -0.4 is 5.32 Å². The summed E-state index contributed by atoms with van der Waals surface area (Å²) in [4.78, 5) is 11.2. The quantitative estimate of drug-likeness (QED) is 0.823. The number of halogens is 1. The average molecular weight is 338 g/mol. The Morgan fingerprint density at radius 2 is 1.70 bits per heavy atom. The van der Waals surface area contributed by atoms with Crippen molar-refractivity contribution in [3.8, 4) is 0 Å². The number of rotatable bonds is 4. The maximum Gasteiger partial charge on any atom is 0.261 e. The molecule has 110 valence electrons. The Kier molecular flexibility index (Phi) is 3.83. The lowest BCUT2D eigenvalue weighted by Crippen LogP contribution is -2.25. The highest BCUT2D eigenvalue weighted by molar-refractivity contribution is 8.13. The van der Waals surface area contributed by atoms with Crippen LogP contribution in [0, 0.1) is 0 Å². The molecule has 9 heteroatoms. The van der Waals surface area contributed by atoms with Crippen LogP contribution in [0.1, 0.15) is 23.2 Å². The van der Waals surface area contributed by atoms with E-state index in [9.17, 15) is 21.6 Å². The minimum atomic E-state index is -4.13. The summed E-state index contributed by atoms with van der Waals surface area (Å²) >= 11 is 0. The first-order valence-corrected chi connectivity index (χ1v) is 9.88. The lowest BCUT2D eigenvalue weighted by Gasteiger charge is -2.07. The summed E-state index contributed by atoms with van der Waals surface area (Å²) in [6, 6.07) is 3.21. The molecule has 0 heterocycles. The molecule has 0 unspecified atom stereocenters. The van der Waals surface area contributed by atoms with Gasteiger partial charge < -0.3 is 5.32 Å². The monoisotopic (exact) mass is 337 g/mol. The first kappa shape index (κ1) is 15.3. The maximum absolute atomic E-state index is 11.9. The molecule has 0 spiro atoms. The topological polar surface area (TPSA) is 97.4 Å². The summed E-state index contributed by atoms with van der Waals surface area (Å²) < 4.78 is 45.8. The molecule has 0 aliphatic heterocycles. The van der Waals surface area contributed by atoms with Crippen molar-refractivity contribution in [3.63, 3.8) is 0 Å². The molecule has 6 nitrogen and oxygen atoms in total. The number of amides is 1. The van der Waals surface area contributed by atoms with E-state index in [1.807, 2.05) is 0 Å². The normalized spacial score (nSPS) is 15.9. The van der Waals surface area contributed by atoms with E-state index < -0.39 is 29.7 Å². The van der Waals surface area contributed by atoms with E-state index >= 15 is 0 Å². The van der Waals surface area contributed by atoms with E-state index in [0.717, 1.165) is 37.3 Å². The zero-order valence-electron chi connectivity index (χ0n) is 10.5. The van der Waals surface area contributed by atoms with Gasteiger partial charge in [-0.05, 0) is 31.0 Å². The predicted molar refractivity (Wildman–Crippen MR) is 73.1 cm³/mol. The molecule has 1 aliphatic rings. The predicted octanol–water partition coefficient (Wildman–Crippen LogP) is 0.910. The van der Waals surface area contributed by atoms with Gasteiger partial charge in [0, 0.05) is 28.5 Å². The molecule has 1 fully saturated rings. The van der Waals surface area contributed by atoms with E-state index in [0.29, 0.717) is 0 Å². The molecule has 0 bridgehead atoms. The number of carbonyl (C=O) groups is 1. The van der Waals surface area contributed by atoms with Crippen LogP contribution in [-0.2, 0) is 18.9 Å². The highest BCUT2D eigenvalue weighted by atomic mass is 35.7. The van der Waals surface area contributed by atoms with Crippen molar-refractivity contribution in [2.75, 3.05) is 6.26 Å². The Bertz CT molecular complexity index is 716. The van der Waals surface area contributed by atoms with E-state index in [1.54, 1.807) is 0 Å². The fourth-order valence-electron chi connectivity index (χ4n) is 1.55. The van der Waals surface area contributed by atoms with E-state index in [1.165, 1.54) is 0 Å². The minimum Gasteiger partial charge on any atom is -0.349 e. The third kappa shape index (κ3) is 3.71. The molecule has 1 aliphatic carbocycles. The number of carbonyl (C=O) groups excluding carboxylic acids is 1. The molecule has 0 atom stereocenters. The summed E-state index contributed by atoms with van der Waals surface area (Å²) in [5.41, 5.74) is -0.0425. The number of benzene rings is 1. The van der Waals surface area contributed by atoms with Gasteiger partial charge in [0.05, 0.1) is 9.79 Å². The number of sulfone groups is 1. The Balaban J connectivity index is 2.53. The third-order valence-electron chi connectivity index (χ3n) is 2.76. The van der Waals surface area contributed by atoms with Crippen LogP contribution in [-0.4, -0.2) is 35.0 Å². The Morgan fingerprint density at radius 3 is 2.15 bits per heavy atom. The molecule has 20 heavy (non-hydrogen) atoms. The largest absolute Gasteiger partial charge is 0.349 e. The van der Waals surface area contributed by atoms with Gasteiger partial charge in [-0.3, -0.25) is 4.79 Å². The zero-order chi connectivity index (χ0) is 15.1. The van der Waals surface area contributed by atoms with Gasteiger partial charge in [0.2, 0.25) is 0 Å². The van der Waals surface area contributed by atoms with Crippen LogP contribution in [0.25, 0.3) is 0 Å². The van der Waals surface area contributed by atoms with Crippen molar-refractivity contribution >= 4 is 35.5 Å². The van der Waals surface area contributed by atoms with Gasteiger partial charge in [0.1, 0.15) is 0 Å². The molecule has 1 aromatic carbocycles. The van der Waals surface area contributed by atoms with E-state index in [-0.39, 0.29) is 16.5 Å². The van der Waals surface area contributed by atoms with Crippen molar-refractivity contribution in [2.24, 2.45) is 0 Å². The van der Waals surface area contributed by atoms with E-state index in [2.05, 4.69) is 5.32 Å². The second-order valence-corrected chi connectivity index (χ2v) is 9.23. The molecule has 1 saturated carbocycles. The summed E-state index contributed by atoms with van der Waals surface area (Å²) in [6.07, 6.45) is 2.64. The van der Waals surface area contributed by atoms with Crippen molar-refractivity contribution in [1.82, 2.24) is 5.32 Å². The fraction of sp³-hybridized carbons (Fsp3) is 0.364. The van der Waals surface area contributed by atoms with Crippen molar-refractivity contribution in [1.29, 1.82) is 0 Å². The molecular formula is C11H12ClNO5S2. The van der Waals surface area contributed by atoms with Crippen molar-refractivity contribution < 1.29 is 21.6 Å². The van der Waals surface area contributed by atoms with Crippen LogP contribution in [0.3, 0.4) is 0 Å². The van der Waals surface area contributed by atoms with Gasteiger partial charge in [-0.1, -0.05) is 0 Å². The summed E-state index contributed by atoms with van der Waals surface area (Å²) in [5, 5.41) is 2.66. The standard InChI is InChI=1S/C11H12ClNO5S2/c1-19(15,16)9-4-7(11(14)13-8-2-3-8)5-10(6-9)20(12,17)18/h4-6,8H,2-3H2,1H3,(H,13,14). The van der Waals surface area contributed by atoms with E-state index in [4.69, 9.17) is 10.7 Å². The van der Waals surface area contributed by atoms with Crippen LogP contribution in [0.15, 0.2) is 28.0 Å². The Hall–Kier alpha value is -1.12. The third-order valence-corrected chi connectivity index (χ3v) is 5.19. The lowest BCUT2D eigenvalue weighted by molar-refractivity contribution is 0.0950. The number of hydrogen-bond acceptors (Lipinski definition) is 5. The molecular weight excluding hydrogens is 326 g/mol. The Labute approximate surface area is 121 Å². The van der Waals surface area contributed by atoms with Crippen LogP contribution >= 0.6 is 10.7 Å². The first-order chi connectivity index (χ1) is 9.07. The molecule has 2 rings (SSSR count). The SMILES string of the molecule is CS(=O)(=O)c1cc(C(=O)NC2CC2)cc(S(=O)(=O)Cl)c1. The highest BCUT2D eigenvalue weighted by Crippen LogP contribution is 2.24. The summed E-state index contributed by atoms with van der Waals surface area (Å²) in [5.74, 6) is -0.514. The highest BCUT2D eigenvalue weighted by Gasteiger charge is 2.25.